The number of allylic oxidation sites excluding steroid dienone is 1. The van der Waals surface area contributed by atoms with E-state index >= 15 is 0 Å². The van der Waals surface area contributed by atoms with E-state index in [-0.39, 0.29) is 0 Å². The van der Waals surface area contributed by atoms with Crippen molar-refractivity contribution in [2.75, 3.05) is 14.2 Å². The second-order valence-corrected chi connectivity index (χ2v) is 7.87. The molecular formula is C27H28O2. The minimum atomic E-state index is -0.431. The Labute approximate surface area is 175 Å². The molecule has 0 aliphatic rings. The molecule has 0 aliphatic carbocycles. The minimum Gasteiger partial charge on any atom is -0.497 e. The Bertz CT molecular complexity index is 917. The van der Waals surface area contributed by atoms with Crippen molar-refractivity contribution in [1.29, 1.82) is 0 Å². The number of methoxy groups -OCH3 is 2. The smallest absolute Gasteiger partial charge is 0.118 e. The predicted molar refractivity (Wildman–Crippen MR) is 120 cm³/mol. The van der Waals surface area contributed by atoms with Crippen molar-refractivity contribution < 1.29 is 9.47 Å². The first-order valence-electron chi connectivity index (χ1n) is 9.44. The molecule has 2 aromatic carbocycles. The van der Waals surface area contributed by atoms with Gasteiger partial charge in [0.15, 0.2) is 0 Å². The zero-order chi connectivity index (χ0) is 21.7. The highest BCUT2D eigenvalue weighted by atomic mass is 16.5. The summed E-state index contributed by atoms with van der Waals surface area (Å²) in [7, 11) is 3.30. The largest absolute Gasteiger partial charge is 0.497 e. The maximum atomic E-state index is 5.90. The minimum absolute atomic E-state index is 0.431. The van der Waals surface area contributed by atoms with Gasteiger partial charge in [-0.15, -0.1) is 12.8 Å². The van der Waals surface area contributed by atoms with Crippen LogP contribution in [0.3, 0.4) is 0 Å². The summed E-state index contributed by atoms with van der Waals surface area (Å²) >= 11 is 0. The Balaban J connectivity index is 2.59. The van der Waals surface area contributed by atoms with Crippen molar-refractivity contribution in [3.8, 4) is 36.2 Å². The monoisotopic (exact) mass is 384 g/mol. The summed E-state index contributed by atoms with van der Waals surface area (Å²) in [5.41, 5.74) is 6.07. The Morgan fingerprint density at radius 3 is 1.21 bits per heavy atom. The highest BCUT2D eigenvalue weighted by Crippen LogP contribution is 2.35. The van der Waals surface area contributed by atoms with E-state index in [4.69, 9.17) is 22.3 Å². The summed E-state index contributed by atoms with van der Waals surface area (Å²) in [6.45, 7) is 8.30. The molecule has 29 heavy (non-hydrogen) atoms. The van der Waals surface area contributed by atoms with Gasteiger partial charge in [0.25, 0.3) is 0 Å². The summed E-state index contributed by atoms with van der Waals surface area (Å²) in [5, 5.41) is 0. The predicted octanol–water partition coefficient (Wildman–Crippen LogP) is 5.68. The molecular weight excluding hydrogens is 356 g/mol. The molecule has 0 spiro atoms. The maximum absolute atomic E-state index is 5.90. The van der Waals surface area contributed by atoms with Crippen LogP contribution < -0.4 is 9.47 Å². The Morgan fingerprint density at radius 1 is 0.655 bits per heavy atom. The van der Waals surface area contributed by atoms with Crippen LogP contribution >= 0.6 is 0 Å². The lowest BCUT2D eigenvalue weighted by atomic mass is 9.75. The molecule has 0 saturated heterocycles. The van der Waals surface area contributed by atoms with Crippen molar-refractivity contribution in [1.82, 2.24) is 0 Å². The van der Waals surface area contributed by atoms with Gasteiger partial charge in [0.05, 0.1) is 25.4 Å². The zero-order valence-electron chi connectivity index (χ0n) is 18.1. The summed E-state index contributed by atoms with van der Waals surface area (Å²) < 4.78 is 10.5. The lowest BCUT2D eigenvalue weighted by molar-refractivity contribution is 0.414. The van der Waals surface area contributed by atoms with E-state index in [2.05, 4.69) is 45.3 Å². The van der Waals surface area contributed by atoms with Gasteiger partial charge in [0.2, 0.25) is 0 Å². The number of hydrogen-bond donors (Lipinski definition) is 0. The van der Waals surface area contributed by atoms with Crippen LogP contribution in [0.2, 0.25) is 0 Å². The molecule has 2 nitrogen and oxygen atoms in total. The number of hydrogen-bond acceptors (Lipinski definition) is 2. The summed E-state index contributed by atoms with van der Waals surface area (Å²) in [6.07, 6.45) is 11.8. The molecule has 0 atom stereocenters. The first-order valence-corrected chi connectivity index (χ1v) is 9.44. The van der Waals surface area contributed by atoms with Crippen LogP contribution in [-0.4, -0.2) is 14.2 Å². The van der Waals surface area contributed by atoms with Gasteiger partial charge in [-0.2, -0.15) is 0 Å². The Hall–Kier alpha value is -3.32. The van der Waals surface area contributed by atoms with Crippen molar-refractivity contribution in [2.24, 2.45) is 0 Å². The number of terminal acetylenes is 2. The highest BCUT2D eigenvalue weighted by Gasteiger charge is 2.28. The molecule has 0 aliphatic heterocycles. The fraction of sp³-hybridized carbons (Fsp3) is 0.296. The molecule has 0 heterocycles. The van der Waals surface area contributed by atoms with Crippen LogP contribution in [-0.2, 0) is 10.8 Å². The summed E-state index contributed by atoms with van der Waals surface area (Å²) in [4.78, 5) is 0. The van der Waals surface area contributed by atoms with Gasteiger partial charge in [-0.1, -0.05) is 69.5 Å². The van der Waals surface area contributed by atoms with E-state index in [1.165, 1.54) is 0 Å². The van der Waals surface area contributed by atoms with Gasteiger partial charge >= 0.3 is 0 Å². The third-order valence-electron chi connectivity index (χ3n) is 5.41. The van der Waals surface area contributed by atoms with Crippen molar-refractivity contribution in [3.05, 3.63) is 76.5 Å². The van der Waals surface area contributed by atoms with Crippen LogP contribution in [0.1, 0.15) is 38.8 Å². The van der Waals surface area contributed by atoms with Crippen LogP contribution in [0.15, 0.2) is 65.4 Å². The quantitative estimate of drug-likeness (QED) is 0.471. The van der Waals surface area contributed by atoms with Gasteiger partial charge in [-0.25, -0.2) is 0 Å². The molecule has 0 fully saturated rings. The van der Waals surface area contributed by atoms with Crippen LogP contribution in [0, 0.1) is 24.7 Å². The molecule has 0 amide bonds. The maximum Gasteiger partial charge on any atom is 0.118 e. The highest BCUT2D eigenvalue weighted by molar-refractivity contribution is 5.50. The molecule has 2 rings (SSSR count). The topological polar surface area (TPSA) is 18.5 Å². The molecule has 0 aromatic heterocycles. The van der Waals surface area contributed by atoms with E-state index in [0.717, 1.165) is 22.6 Å². The first kappa shape index (κ1) is 22.0. The van der Waals surface area contributed by atoms with E-state index in [9.17, 15) is 0 Å². The molecule has 148 valence electrons. The lowest BCUT2D eigenvalue weighted by Gasteiger charge is -2.27. The second-order valence-electron chi connectivity index (χ2n) is 7.87. The van der Waals surface area contributed by atoms with Gasteiger partial charge in [0, 0.05) is 10.8 Å². The average molecular weight is 385 g/mol. The third kappa shape index (κ3) is 4.57. The second kappa shape index (κ2) is 8.79. The normalized spacial score (nSPS) is 10.9. The fourth-order valence-corrected chi connectivity index (χ4v) is 3.17. The fourth-order valence-electron chi connectivity index (χ4n) is 3.17. The van der Waals surface area contributed by atoms with Crippen molar-refractivity contribution >= 4 is 0 Å². The molecule has 0 radical (unpaired) electrons. The Morgan fingerprint density at radius 2 is 0.966 bits per heavy atom. The third-order valence-corrected chi connectivity index (χ3v) is 5.41. The lowest BCUT2D eigenvalue weighted by Crippen LogP contribution is -2.22. The van der Waals surface area contributed by atoms with Crippen LogP contribution in [0.4, 0.5) is 0 Å². The van der Waals surface area contributed by atoms with Gasteiger partial charge in [-0.05, 0) is 35.4 Å². The van der Waals surface area contributed by atoms with Gasteiger partial charge < -0.3 is 9.47 Å². The first-order chi connectivity index (χ1) is 13.7. The molecule has 0 unspecified atom stereocenters. The molecule has 2 aromatic rings. The summed E-state index contributed by atoms with van der Waals surface area (Å²) in [5.74, 6) is 7.23. The molecule has 0 saturated carbocycles. The van der Waals surface area contributed by atoms with Gasteiger partial charge in [0.1, 0.15) is 11.5 Å². The van der Waals surface area contributed by atoms with Crippen molar-refractivity contribution in [2.45, 2.75) is 38.5 Å². The van der Waals surface area contributed by atoms with Crippen LogP contribution in [0.25, 0.3) is 0 Å². The molecule has 2 heteroatoms. The van der Waals surface area contributed by atoms with E-state index in [1.54, 1.807) is 14.2 Å². The van der Waals surface area contributed by atoms with E-state index in [1.807, 2.05) is 48.5 Å². The zero-order valence-corrected chi connectivity index (χ0v) is 18.1. The summed E-state index contributed by atoms with van der Waals surface area (Å²) in [6, 6.07) is 15.8. The molecule has 0 bridgehead atoms. The van der Waals surface area contributed by atoms with E-state index in [0.29, 0.717) is 11.1 Å². The number of rotatable bonds is 6. The van der Waals surface area contributed by atoms with E-state index < -0.39 is 10.8 Å². The SMILES string of the molecule is C#CC(=C=C(C#C)C(C)(C)c1ccc(OC)cc1)C(C)(C)c1ccc(OC)cc1. The molecule has 0 N–H and O–H groups in total. The van der Waals surface area contributed by atoms with Crippen molar-refractivity contribution in [3.63, 3.8) is 0 Å². The standard InChI is InChI=1S/C27H28O2/c1-9-20(26(3,4)22-11-15-24(28-7)16-12-22)19-21(10-2)27(5,6)23-13-17-25(29-8)18-14-23/h1-2,11-18H,3-8H3. The number of benzene rings is 2. The number of ether oxygens (including phenoxy) is 2. The average Bonchev–Trinajstić information content (AvgIpc) is 2.74. The van der Waals surface area contributed by atoms with Gasteiger partial charge in [-0.3, -0.25) is 0 Å². The van der Waals surface area contributed by atoms with Crippen LogP contribution in [0.5, 0.6) is 11.5 Å². The Kier molecular flexibility index (Phi) is 6.66.